The lowest BCUT2D eigenvalue weighted by Gasteiger charge is -2.32. The minimum absolute atomic E-state index is 0.547. The number of rotatable bonds is 6. The van der Waals surface area contributed by atoms with E-state index in [9.17, 15) is 0 Å². The molecule has 0 aliphatic carbocycles. The van der Waals surface area contributed by atoms with Crippen LogP contribution in [0.25, 0.3) is 17.0 Å². The first-order chi connectivity index (χ1) is 18.4. The molecule has 2 saturated heterocycles. The summed E-state index contributed by atoms with van der Waals surface area (Å²) in [5, 5.41) is 4.53. The predicted molar refractivity (Wildman–Crippen MR) is 149 cm³/mol. The number of piperazine rings is 1. The first-order valence-corrected chi connectivity index (χ1v) is 13.7. The lowest BCUT2D eigenvalue weighted by atomic mass is 9.96. The second-order valence-electron chi connectivity index (χ2n) is 11.0. The zero-order chi connectivity index (χ0) is 26.2. The Labute approximate surface area is 224 Å². The van der Waals surface area contributed by atoms with Crippen molar-refractivity contribution in [1.29, 1.82) is 0 Å². The van der Waals surface area contributed by atoms with Gasteiger partial charge in [0.25, 0.3) is 5.78 Å². The van der Waals surface area contributed by atoms with Gasteiger partial charge in [-0.3, -0.25) is 9.88 Å². The van der Waals surface area contributed by atoms with Crippen molar-refractivity contribution in [2.75, 3.05) is 51.2 Å². The minimum Gasteiger partial charge on any atom is -0.355 e. The molecule has 6 rings (SSSR count). The van der Waals surface area contributed by atoms with E-state index >= 15 is 0 Å². The summed E-state index contributed by atoms with van der Waals surface area (Å²) >= 11 is 0. The van der Waals surface area contributed by atoms with Crippen molar-refractivity contribution >= 4 is 11.6 Å². The summed E-state index contributed by atoms with van der Waals surface area (Å²) in [5.41, 5.74) is 6.87. The van der Waals surface area contributed by atoms with Crippen molar-refractivity contribution < 1.29 is 0 Å². The van der Waals surface area contributed by atoms with Crippen LogP contribution >= 0.6 is 0 Å². The van der Waals surface area contributed by atoms with Gasteiger partial charge in [-0.1, -0.05) is 24.3 Å². The summed E-state index contributed by atoms with van der Waals surface area (Å²) < 4.78 is 1.88. The van der Waals surface area contributed by atoms with Crippen molar-refractivity contribution in [3.8, 4) is 11.3 Å². The maximum atomic E-state index is 4.80. The molecule has 3 aromatic heterocycles. The maximum Gasteiger partial charge on any atom is 0.252 e. The average Bonchev–Trinajstić information content (AvgIpc) is 3.55. The van der Waals surface area contributed by atoms with Crippen LogP contribution in [0.1, 0.15) is 34.8 Å². The number of aromatic nitrogens is 6. The number of benzene rings is 1. The second-order valence-corrected chi connectivity index (χ2v) is 11.0. The molecule has 2 aliphatic heterocycles. The largest absolute Gasteiger partial charge is 0.355 e. The fraction of sp³-hybridized carbons (Fsp3) is 0.483. The number of hydrogen-bond donors (Lipinski definition) is 0. The molecule has 1 unspecified atom stereocenters. The number of aryl methyl sites for hydroxylation is 3. The molecule has 0 amide bonds. The monoisotopic (exact) mass is 511 g/mol. The van der Waals surface area contributed by atoms with Crippen molar-refractivity contribution in [3.05, 3.63) is 65.0 Å². The summed E-state index contributed by atoms with van der Waals surface area (Å²) in [6.45, 7) is 13.7. The number of hydrogen-bond acceptors (Lipinski definition) is 8. The fourth-order valence-electron chi connectivity index (χ4n) is 5.78. The maximum absolute atomic E-state index is 4.80. The molecule has 1 atom stereocenters. The highest BCUT2D eigenvalue weighted by atomic mass is 15.3. The van der Waals surface area contributed by atoms with E-state index in [-0.39, 0.29) is 0 Å². The Morgan fingerprint density at radius 2 is 1.68 bits per heavy atom. The molecule has 38 heavy (non-hydrogen) atoms. The van der Waals surface area contributed by atoms with Crippen LogP contribution < -0.4 is 4.90 Å². The summed E-state index contributed by atoms with van der Waals surface area (Å²) in [7, 11) is 2.20. The summed E-state index contributed by atoms with van der Waals surface area (Å²) in [5.74, 6) is 2.95. The molecule has 5 heterocycles. The van der Waals surface area contributed by atoms with Crippen LogP contribution in [-0.2, 0) is 13.0 Å². The smallest absolute Gasteiger partial charge is 0.252 e. The van der Waals surface area contributed by atoms with E-state index < -0.39 is 0 Å². The van der Waals surface area contributed by atoms with Gasteiger partial charge >= 0.3 is 0 Å². The highest BCUT2D eigenvalue weighted by molar-refractivity contribution is 5.59. The highest BCUT2D eigenvalue weighted by Gasteiger charge is 2.26. The molecule has 2 aliphatic rings. The first kappa shape index (κ1) is 24.9. The van der Waals surface area contributed by atoms with Crippen LogP contribution in [0.15, 0.2) is 36.7 Å². The Bertz CT molecular complexity index is 1400. The number of anilines is 1. The average molecular weight is 512 g/mol. The molecule has 0 N–H and O–H groups in total. The summed E-state index contributed by atoms with van der Waals surface area (Å²) in [4.78, 5) is 26.0. The molecule has 0 saturated carbocycles. The topological polar surface area (TPSA) is 78.6 Å². The minimum atomic E-state index is 0.547. The van der Waals surface area contributed by atoms with Crippen molar-refractivity contribution in [3.63, 3.8) is 0 Å². The van der Waals surface area contributed by atoms with Crippen LogP contribution in [-0.4, -0.2) is 85.7 Å². The van der Waals surface area contributed by atoms with Crippen LogP contribution in [0.5, 0.6) is 0 Å². The van der Waals surface area contributed by atoms with E-state index in [0.717, 1.165) is 92.9 Å². The van der Waals surface area contributed by atoms with E-state index in [0.29, 0.717) is 11.7 Å². The Morgan fingerprint density at radius 3 is 2.42 bits per heavy atom. The highest BCUT2D eigenvalue weighted by Crippen LogP contribution is 2.28. The van der Waals surface area contributed by atoms with E-state index in [4.69, 9.17) is 15.0 Å². The summed E-state index contributed by atoms with van der Waals surface area (Å²) in [6.07, 6.45) is 5.96. The number of fused-ring (bicyclic) bond motifs is 1. The van der Waals surface area contributed by atoms with Crippen molar-refractivity contribution in [2.24, 2.45) is 5.92 Å². The van der Waals surface area contributed by atoms with Gasteiger partial charge in [-0.15, -0.1) is 0 Å². The molecule has 2 fully saturated rings. The third kappa shape index (κ3) is 5.13. The van der Waals surface area contributed by atoms with E-state index in [1.54, 1.807) is 0 Å². The number of likely N-dealkylation sites (N-methyl/N-ethyl adjacent to an activating group) is 1. The van der Waals surface area contributed by atoms with Gasteiger partial charge in [0.05, 0.1) is 18.1 Å². The molecule has 0 radical (unpaired) electrons. The van der Waals surface area contributed by atoms with Gasteiger partial charge in [0, 0.05) is 62.8 Å². The molecule has 1 aromatic carbocycles. The third-order valence-electron chi connectivity index (χ3n) is 8.15. The Morgan fingerprint density at radius 1 is 0.895 bits per heavy atom. The van der Waals surface area contributed by atoms with Gasteiger partial charge < -0.3 is 9.80 Å². The van der Waals surface area contributed by atoms with E-state index in [1.807, 2.05) is 23.8 Å². The zero-order valence-electron chi connectivity index (χ0n) is 22.9. The second kappa shape index (κ2) is 10.4. The Hall–Kier alpha value is -3.43. The standard InChI is InChI=1S/C29H37N9/c1-20-26(21(2)38-29(32-20)33-22(3)34-38)15-24-9-10-37(19-24)28-17-30-27(16-31-28)25-7-5-23(6-8-25)18-36-13-11-35(4)12-14-36/h5-8,16-17,24H,9-15,18-19H2,1-4H3. The number of nitrogens with zero attached hydrogens (tertiary/aromatic N) is 9. The van der Waals surface area contributed by atoms with Crippen LogP contribution in [0.2, 0.25) is 0 Å². The Balaban J connectivity index is 1.08. The fourth-order valence-corrected chi connectivity index (χ4v) is 5.78. The van der Waals surface area contributed by atoms with Crippen LogP contribution in [0.3, 0.4) is 0 Å². The lowest BCUT2D eigenvalue weighted by Crippen LogP contribution is -2.43. The van der Waals surface area contributed by atoms with Crippen LogP contribution in [0, 0.1) is 26.7 Å². The Kier molecular flexibility index (Phi) is 6.80. The van der Waals surface area contributed by atoms with Gasteiger partial charge in [0.2, 0.25) is 0 Å². The van der Waals surface area contributed by atoms with Crippen molar-refractivity contribution in [2.45, 2.75) is 40.2 Å². The quantitative estimate of drug-likeness (QED) is 0.390. The molecule has 198 valence electrons. The normalized spacial score (nSPS) is 19.1. The van der Waals surface area contributed by atoms with Gasteiger partial charge in [0.15, 0.2) is 0 Å². The van der Waals surface area contributed by atoms with Crippen molar-refractivity contribution in [1.82, 2.24) is 39.3 Å². The van der Waals surface area contributed by atoms with Gasteiger partial charge in [0.1, 0.15) is 11.6 Å². The molecule has 0 spiro atoms. The van der Waals surface area contributed by atoms with E-state index in [1.165, 1.54) is 11.1 Å². The summed E-state index contributed by atoms with van der Waals surface area (Å²) in [6, 6.07) is 8.80. The molecule has 9 heteroatoms. The molecule has 4 aromatic rings. The van der Waals surface area contributed by atoms with Gasteiger partial charge in [-0.25, -0.2) is 14.5 Å². The SMILES string of the molecule is Cc1nc2nc(C)c(CC3CCN(c4cnc(-c5ccc(CN6CCN(C)CC6)cc5)cn4)C3)c(C)n2n1. The predicted octanol–water partition coefficient (Wildman–Crippen LogP) is 3.32. The third-order valence-corrected chi connectivity index (χ3v) is 8.15. The van der Waals surface area contributed by atoms with Gasteiger partial charge in [-0.05, 0) is 57.7 Å². The zero-order valence-corrected chi connectivity index (χ0v) is 22.9. The molecule has 9 nitrogen and oxygen atoms in total. The molecular formula is C29H37N9. The van der Waals surface area contributed by atoms with Gasteiger partial charge in [-0.2, -0.15) is 10.1 Å². The molecular weight excluding hydrogens is 474 g/mol. The molecule has 0 bridgehead atoms. The first-order valence-electron chi connectivity index (χ1n) is 13.7. The van der Waals surface area contributed by atoms with E-state index in [2.05, 4.69) is 69.9 Å². The lowest BCUT2D eigenvalue weighted by molar-refractivity contribution is 0.148. The van der Waals surface area contributed by atoms with Crippen LogP contribution in [0.4, 0.5) is 5.82 Å².